The van der Waals surface area contributed by atoms with Crippen molar-refractivity contribution in [3.05, 3.63) is 26.6 Å². The Bertz CT molecular complexity index is 291. The zero-order valence-electron chi connectivity index (χ0n) is 7.22. The molecule has 4 heteroatoms. The summed E-state index contributed by atoms with van der Waals surface area (Å²) >= 11 is 6.66. The first kappa shape index (κ1) is 11.0. The number of hydrogen-bond acceptors (Lipinski definition) is 2. The highest BCUT2D eigenvalue weighted by atomic mass is 79.9. The highest BCUT2D eigenvalue weighted by molar-refractivity contribution is 9.11. The minimum atomic E-state index is -0.123. The van der Waals surface area contributed by atoms with Crippen LogP contribution in [-0.4, -0.2) is 5.11 Å². The van der Waals surface area contributed by atoms with Crippen molar-refractivity contribution in [3.8, 4) is 5.75 Å². The first-order chi connectivity index (χ1) is 6.06. The monoisotopic (exact) mass is 307 g/mol. The summed E-state index contributed by atoms with van der Waals surface area (Å²) in [5.41, 5.74) is 6.61. The maximum Gasteiger partial charge on any atom is 0.122 e. The van der Waals surface area contributed by atoms with E-state index >= 15 is 0 Å². The second-order valence-corrected chi connectivity index (χ2v) is 4.61. The molecule has 0 fully saturated rings. The van der Waals surface area contributed by atoms with E-state index in [-0.39, 0.29) is 11.8 Å². The van der Waals surface area contributed by atoms with Crippen LogP contribution in [0.3, 0.4) is 0 Å². The number of nitrogens with two attached hydrogens (primary N) is 1. The van der Waals surface area contributed by atoms with Gasteiger partial charge in [0.1, 0.15) is 5.75 Å². The van der Waals surface area contributed by atoms with E-state index in [9.17, 15) is 5.11 Å². The van der Waals surface area contributed by atoms with Crippen LogP contribution in [0.5, 0.6) is 5.75 Å². The average molecular weight is 309 g/mol. The summed E-state index contributed by atoms with van der Waals surface area (Å²) in [6.45, 7) is 1.98. The van der Waals surface area contributed by atoms with E-state index in [1.165, 1.54) is 0 Å². The normalized spacial score (nSPS) is 12.9. The van der Waals surface area contributed by atoms with Gasteiger partial charge in [-0.25, -0.2) is 0 Å². The molecule has 0 aliphatic carbocycles. The fourth-order valence-corrected chi connectivity index (χ4v) is 2.64. The quantitative estimate of drug-likeness (QED) is 0.880. The molecule has 0 aliphatic heterocycles. The lowest BCUT2D eigenvalue weighted by atomic mass is 10.0. The lowest BCUT2D eigenvalue weighted by Crippen LogP contribution is -2.09. The van der Waals surface area contributed by atoms with Crippen LogP contribution in [0.1, 0.15) is 24.9 Å². The first-order valence-corrected chi connectivity index (χ1v) is 5.58. The van der Waals surface area contributed by atoms with Crippen molar-refractivity contribution < 1.29 is 5.11 Å². The Morgan fingerprint density at radius 1 is 1.46 bits per heavy atom. The number of phenolic OH excluding ortho intramolecular Hbond substituents is 1. The van der Waals surface area contributed by atoms with E-state index in [1.54, 1.807) is 6.07 Å². The van der Waals surface area contributed by atoms with Crippen LogP contribution in [0.2, 0.25) is 0 Å². The van der Waals surface area contributed by atoms with Crippen molar-refractivity contribution in [3.63, 3.8) is 0 Å². The van der Waals surface area contributed by atoms with E-state index in [2.05, 4.69) is 31.9 Å². The van der Waals surface area contributed by atoms with E-state index in [0.29, 0.717) is 0 Å². The van der Waals surface area contributed by atoms with Gasteiger partial charge in [-0.15, -0.1) is 0 Å². The molecule has 0 bridgehead atoms. The minimum absolute atomic E-state index is 0.123. The van der Waals surface area contributed by atoms with Gasteiger partial charge in [0.25, 0.3) is 0 Å². The molecule has 0 aromatic heterocycles. The molecule has 0 heterocycles. The summed E-state index contributed by atoms with van der Waals surface area (Å²) < 4.78 is 1.68. The molecule has 0 aliphatic rings. The number of halogens is 2. The number of aromatic hydroxyl groups is 1. The molecular weight excluding hydrogens is 298 g/mol. The summed E-state index contributed by atoms with van der Waals surface area (Å²) in [6.07, 6.45) is 0.799. The first-order valence-electron chi connectivity index (χ1n) is 3.99. The summed E-state index contributed by atoms with van der Waals surface area (Å²) in [7, 11) is 0. The molecule has 1 rings (SSSR count). The third kappa shape index (κ3) is 2.45. The maximum atomic E-state index is 9.63. The zero-order valence-corrected chi connectivity index (χ0v) is 10.4. The Kier molecular flexibility index (Phi) is 3.76. The molecule has 2 nitrogen and oxygen atoms in total. The number of rotatable bonds is 2. The van der Waals surface area contributed by atoms with Gasteiger partial charge in [0.2, 0.25) is 0 Å². The van der Waals surface area contributed by atoms with Gasteiger partial charge < -0.3 is 10.8 Å². The topological polar surface area (TPSA) is 46.2 Å². The van der Waals surface area contributed by atoms with Crippen LogP contribution < -0.4 is 5.73 Å². The van der Waals surface area contributed by atoms with Crippen molar-refractivity contribution in [2.45, 2.75) is 19.4 Å². The Hall–Kier alpha value is -0.0600. The standard InChI is InChI=1S/C9H11Br2NO/c1-2-7(12)9-6(11)3-5(10)4-8(9)13/h3-4,7,13H,2,12H2,1H3/t7-/m1/s1. The Labute approximate surface area is 94.4 Å². The lowest BCUT2D eigenvalue weighted by molar-refractivity contribution is 0.459. The van der Waals surface area contributed by atoms with Gasteiger partial charge in [-0.05, 0) is 18.6 Å². The fraction of sp³-hybridized carbons (Fsp3) is 0.333. The fourth-order valence-electron chi connectivity index (χ4n) is 1.14. The molecule has 0 radical (unpaired) electrons. The SMILES string of the molecule is CC[C@@H](N)c1c(O)cc(Br)cc1Br. The molecule has 13 heavy (non-hydrogen) atoms. The van der Waals surface area contributed by atoms with Gasteiger partial charge in [0.15, 0.2) is 0 Å². The smallest absolute Gasteiger partial charge is 0.122 e. The highest BCUT2D eigenvalue weighted by Gasteiger charge is 2.13. The van der Waals surface area contributed by atoms with E-state index in [1.807, 2.05) is 13.0 Å². The highest BCUT2D eigenvalue weighted by Crippen LogP contribution is 2.34. The minimum Gasteiger partial charge on any atom is -0.508 e. The largest absolute Gasteiger partial charge is 0.508 e. The van der Waals surface area contributed by atoms with E-state index < -0.39 is 0 Å². The second-order valence-electron chi connectivity index (χ2n) is 2.84. The number of benzene rings is 1. The van der Waals surface area contributed by atoms with Crippen molar-refractivity contribution in [2.75, 3.05) is 0 Å². The van der Waals surface area contributed by atoms with Crippen LogP contribution in [-0.2, 0) is 0 Å². The summed E-state index contributed by atoms with van der Waals surface area (Å²) in [6, 6.07) is 3.41. The predicted molar refractivity (Wildman–Crippen MR) is 60.7 cm³/mol. The molecule has 1 atom stereocenters. The van der Waals surface area contributed by atoms with Crippen LogP contribution in [0.15, 0.2) is 21.1 Å². The van der Waals surface area contributed by atoms with Crippen LogP contribution in [0.25, 0.3) is 0 Å². The maximum absolute atomic E-state index is 9.63. The van der Waals surface area contributed by atoms with E-state index in [0.717, 1.165) is 20.9 Å². The van der Waals surface area contributed by atoms with Crippen LogP contribution >= 0.6 is 31.9 Å². The molecule has 1 aromatic carbocycles. The third-order valence-electron chi connectivity index (χ3n) is 1.88. The second kappa shape index (κ2) is 4.44. The Morgan fingerprint density at radius 2 is 2.08 bits per heavy atom. The van der Waals surface area contributed by atoms with Gasteiger partial charge in [-0.3, -0.25) is 0 Å². The number of hydrogen-bond donors (Lipinski definition) is 2. The summed E-state index contributed by atoms with van der Waals surface area (Å²) in [5, 5.41) is 9.63. The Morgan fingerprint density at radius 3 is 2.54 bits per heavy atom. The molecule has 0 saturated heterocycles. The lowest BCUT2D eigenvalue weighted by Gasteiger charge is -2.13. The van der Waals surface area contributed by atoms with Crippen LogP contribution in [0.4, 0.5) is 0 Å². The zero-order chi connectivity index (χ0) is 10.0. The molecule has 0 saturated carbocycles. The van der Waals surface area contributed by atoms with Crippen molar-refractivity contribution >= 4 is 31.9 Å². The summed E-state index contributed by atoms with van der Waals surface area (Å²) in [5.74, 6) is 0.232. The van der Waals surface area contributed by atoms with Gasteiger partial charge in [0.05, 0.1) is 0 Å². The number of phenols is 1. The molecule has 3 N–H and O–H groups in total. The summed E-state index contributed by atoms with van der Waals surface area (Å²) in [4.78, 5) is 0. The van der Waals surface area contributed by atoms with Crippen molar-refractivity contribution in [2.24, 2.45) is 5.73 Å². The van der Waals surface area contributed by atoms with Crippen molar-refractivity contribution in [1.29, 1.82) is 0 Å². The Balaban J connectivity index is 3.20. The molecule has 0 spiro atoms. The predicted octanol–water partition coefficient (Wildman–Crippen LogP) is 3.33. The molecule has 72 valence electrons. The molecular formula is C9H11Br2NO. The molecule has 0 amide bonds. The molecule has 1 aromatic rings. The van der Waals surface area contributed by atoms with Crippen molar-refractivity contribution in [1.82, 2.24) is 0 Å². The van der Waals surface area contributed by atoms with E-state index in [4.69, 9.17) is 5.73 Å². The van der Waals surface area contributed by atoms with Crippen LogP contribution in [0, 0.1) is 0 Å². The third-order valence-corrected chi connectivity index (χ3v) is 3.00. The van der Waals surface area contributed by atoms with Gasteiger partial charge in [-0.2, -0.15) is 0 Å². The van der Waals surface area contributed by atoms with Gasteiger partial charge >= 0.3 is 0 Å². The molecule has 0 unspecified atom stereocenters. The average Bonchev–Trinajstić information content (AvgIpc) is 2.02. The van der Waals surface area contributed by atoms with Gasteiger partial charge in [0, 0.05) is 20.6 Å². The van der Waals surface area contributed by atoms with Gasteiger partial charge in [-0.1, -0.05) is 38.8 Å².